The zero-order valence-corrected chi connectivity index (χ0v) is 13.7. The van der Waals surface area contributed by atoms with Crippen LogP contribution in [0.2, 0.25) is 0 Å². The van der Waals surface area contributed by atoms with Gasteiger partial charge in [-0.1, -0.05) is 26.2 Å². The molecule has 0 amide bonds. The molecule has 1 aromatic heterocycles. The van der Waals surface area contributed by atoms with E-state index in [0.717, 1.165) is 32.4 Å². The van der Waals surface area contributed by atoms with Crippen molar-refractivity contribution in [3.05, 3.63) is 18.0 Å². The lowest BCUT2D eigenvalue weighted by molar-refractivity contribution is 0.162. The number of ether oxygens (including phenoxy) is 1. The smallest absolute Gasteiger partial charge is 0.0625 e. The highest BCUT2D eigenvalue weighted by Gasteiger charge is 2.16. The molecule has 1 aliphatic carbocycles. The van der Waals surface area contributed by atoms with Gasteiger partial charge in [-0.15, -0.1) is 0 Å². The standard InChI is InChI=1S/C17H31N3O/c1-3-12-18-16(14-21-2)10-9-15-11-13-20(19-15)17-7-5-4-6-8-17/h11,13,16-18H,3-10,12,14H2,1-2H3. The molecule has 4 nitrogen and oxygen atoms in total. The van der Waals surface area contributed by atoms with Crippen LogP contribution in [0.3, 0.4) is 0 Å². The van der Waals surface area contributed by atoms with Crippen LogP contribution in [0, 0.1) is 0 Å². The van der Waals surface area contributed by atoms with Crippen LogP contribution in [0.25, 0.3) is 0 Å². The summed E-state index contributed by atoms with van der Waals surface area (Å²) in [6, 6.07) is 3.27. The molecule has 1 fully saturated rings. The Bertz CT molecular complexity index is 385. The molecule has 1 aromatic rings. The van der Waals surface area contributed by atoms with Crippen molar-refractivity contribution in [2.24, 2.45) is 0 Å². The normalized spacial score (nSPS) is 18.0. The van der Waals surface area contributed by atoms with Crippen molar-refractivity contribution in [3.8, 4) is 0 Å². The summed E-state index contributed by atoms with van der Waals surface area (Å²) in [6.45, 7) is 4.04. The molecule has 0 spiro atoms. The fourth-order valence-corrected chi connectivity index (χ4v) is 3.18. The first kappa shape index (κ1) is 16.5. The maximum Gasteiger partial charge on any atom is 0.0625 e. The third-order valence-electron chi connectivity index (χ3n) is 4.41. The fraction of sp³-hybridized carbons (Fsp3) is 0.824. The Labute approximate surface area is 129 Å². The first-order chi connectivity index (χ1) is 10.3. The molecule has 0 aromatic carbocycles. The predicted octanol–water partition coefficient (Wildman–Crippen LogP) is 3.34. The van der Waals surface area contributed by atoms with E-state index in [0.29, 0.717) is 12.1 Å². The second kappa shape index (κ2) is 9.21. The van der Waals surface area contributed by atoms with Gasteiger partial charge in [0.2, 0.25) is 0 Å². The molecule has 4 heteroatoms. The number of hydrogen-bond acceptors (Lipinski definition) is 3. The molecule has 1 aliphatic rings. The van der Waals surface area contributed by atoms with Crippen molar-refractivity contribution >= 4 is 0 Å². The van der Waals surface area contributed by atoms with Gasteiger partial charge < -0.3 is 10.1 Å². The van der Waals surface area contributed by atoms with Gasteiger partial charge in [-0.05, 0) is 44.7 Å². The highest BCUT2D eigenvalue weighted by atomic mass is 16.5. The van der Waals surface area contributed by atoms with Gasteiger partial charge >= 0.3 is 0 Å². The molecule has 1 saturated carbocycles. The van der Waals surface area contributed by atoms with Crippen molar-refractivity contribution in [3.63, 3.8) is 0 Å². The predicted molar refractivity (Wildman–Crippen MR) is 86.6 cm³/mol. The monoisotopic (exact) mass is 293 g/mol. The lowest BCUT2D eigenvalue weighted by Gasteiger charge is -2.21. The molecule has 2 rings (SSSR count). The van der Waals surface area contributed by atoms with E-state index in [1.54, 1.807) is 7.11 Å². The second-order valence-corrected chi connectivity index (χ2v) is 6.22. The summed E-state index contributed by atoms with van der Waals surface area (Å²) in [4.78, 5) is 0. The van der Waals surface area contributed by atoms with Crippen LogP contribution < -0.4 is 5.32 Å². The van der Waals surface area contributed by atoms with Gasteiger partial charge in [-0.3, -0.25) is 4.68 Å². The van der Waals surface area contributed by atoms with E-state index in [9.17, 15) is 0 Å². The highest BCUT2D eigenvalue weighted by Crippen LogP contribution is 2.27. The van der Waals surface area contributed by atoms with Crippen molar-refractivity contribution in [1.29, 1.82) is 0 Å². The van der Waals surface area contributed by atoms with Crippen molar-refractivity contribution in [2.45, 2.75) is 70.4 Å². The molecule has 21 heavy (non-hydrogen) atoms. The molecule has 1 atom stereocenters. The van der Waals surface area contributed by atoms with Crippen molar-refractivity contribution in [1.82, 2.24) is 15.1 Å². The van der Waals surface area contributed by atoms with Crippen molar-refractivity contribution in [2.75, 3.05) is 20.3 Å². The summed E-state index contributed by atoms with van der Waals surface area (Å²) in [7, 11) is 1.78. The van der Waals surface area contributed by atoms with E-state index in [1.807, 2.05) is 0 Å². The van der Waals surface area contributed by atoms with Gasteiger partial charge in [0, 0.05) is 19.3 Å². The van der Waals surface area contributed by atoms with Crippen LogP contribution >= 0.6 is 0 Å². The average molecular weight is 293 g/mol. The Balaban J connectivity index is 1.80. The number of nitrogens with zero attached hydrogens (tertiary/aromatic N) is 2. The second-order valence-electron chi connectivity index (χ2n) is 6.22. The number of aryl methyl sites for hydroxylation is 1. The van der Waals surface area contributed by atoms with Gasteiger partial charge in [0.1, 0.15) is 0 Å². The lowest BCUT2D eigenvalue weighted by Crippen LogP contribution is -2.34. The van der Waals surface area contributed by atoms with Gasteiger partial charge in [0.15, 0.2) is 0 Å². The minimum atomic E-state index is 0.440. The number of hydrogen-bond donors (Lipinski definition) is 1. The fourth-order valence-electron chi connectivity index (χ4n) is 3.18. The first-order valence-corrected chi connectivity index (χ1v) is 8.59. The van der Waals surface area contributed by atoms with Crippen molar-refractivity contribution < 1.29 is 4.74 Å². The molecular formula is C17H31N3O. The quantitative estimate of drug-likeness (QED) is 0.759. The summed E-state index contributed by atoms with van der Waals surface area (Å²) in [5, 5.41) is 8.35. The average Bonchev–Trinajstić information content (AvgIpc) is 3.00. The Morgan fingerprint density at radius 3 is 2.90 bits per heavy atom. The summed E-state index contributed by atoms with van der Waals surface area (Å²) in [5.74, 6) is 0. The molecule has 0 saturated heterocycles. The van der Waals surface area contributed by atoms with E-state index in [1.165, 1.54) is 37.8 Å². The van der Waals surface area contributed by atoms with Crippen LogP contribution in [0.4, 0.5) is 0 Å². The number of methoxy groups -OCH3 is 1. The van der Waals surface area contributed by atoms with Gasteiger partial charge in [0.25, 0.3) is 0 Å². The summed E-state index contributed by atoms with van der Waals surface area (Å²) >= 11 is 0. The number of rotatable bonds is 9. The minimum Gasteiger partial charge on any atom is -0.383 e. The maximum atomic E-state index is 5.30. The molecule has 1 N–H and O–H groups in total. The Kier molecular flexibility index (Phi) is 7.24. The molecule has 120 valence electrons. The summed E-state index contributed by atoms with van der Waals surface area (Å²) in [5.41, 5.74) is 1.22. The molecule has 0 aliphatic heterocycles. The molecular weight excluding hydrogens is 262 g/mol. The third-order valence-corrected chi connectivity index (χ3v) is 4.41. The van der Waals surface area contributed by atoms with E-state index in [2.05, 4.69) is 29.2 Å². The first-order valence-electron chi connectivity index (χ1n) is 8.59. The SMILES string of the molecule is CCCNC(CCc1ccn(C2CCCCC2)n1)COC. The minimum absolute atomic E-state index is 0.440. The van der Waals surface area contributed by atoms with Crippen LogP contribution in [0.15, 0.2) is 12.3 Å². The summed E-state index contributed by atoms with van der Waals surface area (Å²) in [6.07, 6.45) is 12.2. The molecule has 1 unspecified atom stereocenters. The maximum absolute atomic E-state index is 5.30. The highest BCUT2D eigenvalue weighted by molar-refractivity contribution is 5.01. The van der Waals surface area contributed by atoms with Gasteiger partial charge in [0.05, 0.1) is 18.3 Å². The Hall–Kier alpha value is -0.870. The molecule has 0 bridgehead atoms. The zero-order chi connectivity index (χ0) is 14.9. The zero-order valence-electron chi connectivity index (χ0n) is 13.7. The number of aromatic nitrogens is 2. The van der Waals surface area contributed by atoms with Gasteiger partial charge in [-0.25, -0.2) is 0 Å². The van der Waals surface area contributed by atoms with Crippen LogP contribution in [0.1, 0.15) is 63.6 Å². The van der Waals surface area contributed by atoms with E-state index in [4.69, 9.17) is 9.84 Å². The largest absolute Gasteiger partial charge is 0.383 e. The van der Waals surface area contributed by atoms with E-state index >= 15 is 0 Å². The Morgan fingerprint density at radius 1 is 1.38 bits per heavy atom. The number of nitrogens with one attached hydrogen (secondary N) is 1. The topological polar surface area (TPSA) is 39.1 Å². The van der Waals surface area contributed by atoms with E-state index < -0.39 is 0 Å². The summed E-state index contributed by atoms with van der Waals surface area (Å²) < 4.78 is 7.51. The Morgan fingerprint density at radius 2 is 2.19 bits per heavy atom. The van der Waals surface area contributed by atoms with Crippen LogP contribution in [0.5, 0.6) is 0 Å². The molecule has 0 radical (unpaired) electrons. The van der Waals surface area contributed by atoms with Crippen LogP contribution in [-0.2, 0) is 11.2 Å². The third kappa shape index (κ3) is 5.44. The van der Waals surface area contributed by atoms with E-state index in [-0.39, 0.29) is 0 Å². The van der Waals surface area contributed by atoms with Crippen LogP contribution in [-0.4, -0.2) is 36.1 Å². The lowest BCUT2D eigenvalue weighted by atomic mass is 9.96. The van der Waals surface area contributed by atoms with Gasteiger partial charge in [-0.2, -0.15) is 5.10 Å². The molecule has 1 heterocycles.